The van der Waals surface area contributed by atoms with E-state index in [1.807, 2.05) is 0 Å². The molecule has 1 aliphatic rings. The molecule has 1 aliphatic heterocycles. The molecule has 0 aliphatic carbocycles. The van der Waals surface area contributed by atoms with Crippen LogP contribution in [0.25, 0.3) is 0 Å². The molecule has 0 radical (unpaired) electrons. The number of rotatable bonds is 4. The van der Waals surface area contributed by atoms with Crippen LogP contribution in [0.1, 0.15) is 16.6 Å². The number of benzene rings is 1. The van der Waals surface area contributed by atoms with Crippen molar-refractivity contribution in [2.75, 3.05) is 11.9 Å². The van der Waals surface area contributed by atoms with Gasteiger partial charge in [0.15, 0.2) is 6.23 Å². The smallest absolute Gasteiger partial charge is 0.351 e. The maximum Gasteiger partial charge on any atom is 0.351 e. The molecule has 1 aromatic carbocycles. The molecule has 10 heteroatoms. The van der Waals surface area contributed by atoms with Gasteiger partial charge in [-0.1, -0.05) is 18.2 Å². The van der Waals surface area contributed by atoms with Crippen LogP contribution in [0.5, 0.6) is 0 Å². The van der Waals surface area contributed by atoms with E-state index in [1.165, 1.54) is 6.07 Å². The quantitative estimate of drug-likeness (QED) is 0.408. The van der Waals surface area contributed by atoms with Crippen molar-refractivity contribution in [1.29, 1.82) is 0 Å². The maximum atomic E-state index is 12.2. The fourth-order valence-corrected chi connectivity index (χ4v) is 2.61. The Balaban J connectivity index is 1.82. The first kappa shape index (κ1) is 18.2. The predicted molar refractivity (Wildman–Crippen MR) is 87.1 cm³/mol. The van der Waals surface area contributed by atoms with Crippen molar-refractivity contribution in [3.05, 3.63) is 58.6 Å². The molecule has 3 atom stereocenters. The molecule has 1 aromatic heterocycles. The number of hydrogen-bond acceptors (Lipinski definition) is 8. The maximum absolute atomic E-state index is 12.2. The van der Waals surface area contributed by atoms with Crippen molar-refractivity contribution in [2.45, 2.75) is 24.2 Å². The van der Waals surface area contributed by atoms with E-state index in [2.05, 4.69) is 10.3 Å². The number of nitrogens with zero attached hydrogens (tertiary/aromatic N) is 2. The number of anilines is 1. The van der Waals surface area contributed by atoms with Crippen molar-refractivity contribution >= 4 is 11.7 Å². The third kappa shape index (κ3) is 3.23. The normalized spacial score (nSPS) is 24.4. The van der Waals surface area contributed by atoms with Gasteiger partial charge in [-0.15, -0.1) is 0 Å². The van der Waals surface area contributed by atoms with Gasteiger partial charge in [-0.3, -0.25) is 9.36 Å². The van der Waals surface area contributed by atoms with Crippen LogP contribution >= 0.6 is 0 Å². The summed E-state index contributed by atoms with van der Waals surface area (Å²) in [5.41, 5.74) is -0.574. The van der Waals surface area contributed by atoms with Crippen molar-refractivity contribution < 1.29 is 30.0 Å². The molecule has 0 bridgehead atoms. The van der Waals surface area contributed by atoms with Crippen molar-refractivity contribution in [1.82, 2.24) is 9.55 Å². The molecular weight excluding hydrogens is 346 g/mol. The minimum atomic E-state index is -2.80. The first-order valence-electron chi connectivity index (χ1n) is 7.69. The van der Waals surface area contributed by atoms with Gasteiger partial charge >= 0.3 is 5.69 Å². The highest BCUT2D eigenvalue weighted by Crippen LogP contribution is 2.35. The molecule has 1 amide bonds. The molecule has 138 valence electrons. The molecule has 2 aromatic rings. The number of ether oxygens (including phenoxy) is 1. The van der Waals surface area contributed by atoms with E-state index in [1.54, 1.807) is 30.3 Å². The number of hydrogen-bond donors (Lipinski definition) is 5. The lowest BCUT2D eigenvalue weighted by atomic mass is 10.1. The van der Waals surface area contributed by atoms with Gasteiger partial charge in [-0.2, -0.15) is 4.98 Å². The summed E-state index contributed by atoms with van der Waals surface area (Å²) in [5.74, 6) is -3.31. The van der Waals surface area contributed by atoms with Gasteiger partial charge in [0.25, 0.3) is 5.91 Å². The van der Waals surface area contributed by atoms with Gasteiger partial charge in [0, 0.05) is 11.8 Å². The lowest BCUT2D eigenvalue weighted by Gasteiger charge is -2.25. The molecule has 3 rings (SSSR count). The van der Waals surface area contributed by atoms with Crippen molar-refractivity contribution in [3.63, 3.8) is 0 Å². The zero-order valence-corrected chi connectivity index (χ0v) is 13.4. The SMILES string of the molecule is O=C(Nc1ccn([C@@H]2O[C@H](CO)[C@H](O)C2(O)O)c(=O)n1)c1ccccc1. The van der Waals surface area contributed by atoms with Crippen molar-refractivity contribution in [3.8, 4) is 0 Å². The zero-order chi connectivity index (χ0) is 18.9. The Hall–Kier alpha value is -2.63. The van der Waals surface area contributed by atoms with E-state index in [0.29, 0.717) is 5.56 Å². The van der Waals surface area contributed by atoms with E-state index in [4.69, 9.17) is 9.84 Å². The number of amides is 1. The molecule has 2 heterocycles. The summed E-state index contributed by atoms with van der Waals surface area (Å²) in [6.07, 6.45) is -3.64. The molecule has 10 nitrogen and oxygen atoms in total. The number of aliphatic hydroxyl groups excluding tert-OH is 2. The largest absolute Gasteiger partial charge is 0.394 e. The highest BCUT2D eigenvalue weighted by molar-refractivity contribution is 6.03. The van der Waals surface area contributed by atoms with Crippen LogP contribution in [0.15, 0.2) is 47.4 Å². The van der Waals surface area contributed by atoms with Gasteiger partial charge in [0.2, 0.25) is 5.79 Å². The predicted octanol–water partition coefficient (Wildman–Crippen LogP) is -1.57. The fraction of sp³-hybridized carbons (Fsp3) is 0.312. The van der Waals surface area contributed by atoms with Gasteiger partial charge in [-0.25, -0.2) is 4.79 Å². The molecule has 0 unspecified atom stereocenters. The monoisotopic (exact) mass is 363 g/mol. The topological polar surface area (TPSA) is 154 Å². The average Bonchev–Trinajstić information content (AvgIpc) is 2.85. The summed E-state index contributed by atoms with van der Waals surface area (Å²) in [6, 6.07) is 9.56. The lowest BCUT2D eigenvalue weighted by molar-refractivity contribution is -0.249. The minimum absolute atomic E-state index is 0.0427. The Morgan fingerprint density at radius 3 is 2.54 bits per heavy atom. The molecular formula is C16H17N3O7. The van der Waals surface area contributed by atoms with Crippen molar-refractivity contribution in [2.24, 2.45) is 0 Å². The molecule has 1 saturated heterocycles. The number of aliphatic hydroxyl groups is 4. The molecule has 0 saturated carbocycles. The summed E-state index contributed by atoms with van der Waals surface area (Å²) in [4.78, 5) is 27.9. The van der Waals surface area contributed by atoms with Crippen LogP contribution < -0.4 is 11.0 Å². The number of carbonyl (C=O) groups is 1. The first-order chi connectivity index (χ1) is 12.3. The Kier molecular flexibility index (Phi) is 4.85. The minimum Gasteiger partial charge on any atom is -0.394 e. The third-order valence-electron chi connectivity index (χ3n) is 3.99. The van der Waals surface area contributed by atoms with E-state index >= 15 is 0 Å². The number of nitrogens with one attached hydrogen (secondary N) is 1. The van der Waals surface area contributed by atoms with Gasteiger partial charge in [0.1, 0.15) is 18.0 Å². The Bertz CT molecular complexity index is 852. The lowest BCUT2D eigenvalue weighted by Crippen LogP contribution is -2.48. The second kappa shape index (κ2) is 6.94. The van der Waals surface area contributed by atoms with Crippen LogP contribution in [0, 0.1) is 0 Å². The Labute approximate surface area is 146 Å². The third-order valence-corrected chi connectivity index (χ3v) is 3.99. The van der Waals surface area contributed by atoms with Crippen LogP contribution in [0.3, 0.4) is 0 Å². The molecule has 5 N–H and O–H groups in total. The summed E-state index contributed by atoms with van der Waals surface area (Å²) < 4.78 is 5.88. The van der Waals surface area contributed by atoms with E-state index in [9.17, 15) is 24.9 Å². The Morgan fingerprint density at radius 1 is 1.27 bits per heavy atom. The first-order valence-corrected chi connectivity index (χ1v) is 7.69. The average molecular weight is 363 g/mol. The standard InChI is InChI=1S/C16H17N3O7/c20-8-10-12(21)16(24,25)14(26-10)19-7-6-11(18-15(19)23)17-13(22)9-4-2-1-3-5-9/h1-7,10,12,14,20-21,24-25H,8H2,(H,17,18,22,23)/t10-,12+,14-/m1/s1. The molecule has 1 fully saturated rings. The second-order valence-electron chi connectivity index (χ2n) is 5.76. The Morgan fingerprint density at radius 2 is 1.96 bits per heavy atom. The fourth-order valence-electron chi connectivity index (χ4n) is 2.61. The highest BCUT2D eigenvalue weighted by Gasteiger charge is 2.55. The number of carbonyl (C=O) groups excluding carboxylic acids is 1. The van der Waals surface area contributed by atoms with Crippen LogP contribution in [0.4, 0.5) is 5.82 Å². The summed E-state index contributed by atoms with van der Waals surface area (Å²) in [5, 5.41) is 41.3. The number of aromatic nitrogens is 2. The zero-order valence-electron chi connectivity index (χ0n) is 13.4. The van der Waals surface area contributed by atoms with Crippen LogP contribution in [-0.4, -0.2) is 60.5 Å². The summed E-state index contributed by atoms with van der Waals surface area (Å²) >= 11 is 0. The summed E-state index contributed by atoms with van der Waals surface area (Å²) in [7, 11) is 0. The van der Waals surface area contributed by atoms with E-state index < -0.39 is 42.4 Å². The van der Waals surface area contributed by atoms with Gasteiger partial charge < -0.3 is 30.5 Å². The van der Waals surface area contributed by atoms with Gasteiger partial charge in [-0.05, 0) is 18.2 Å². The second-order valence-corrected chi connectivity index (χ2v) is 5.76. The van der Waals surface area contributed by atoms with E-state index in [-0.39, 0.29) is 5.82 Å². The van der Waals surface area contributed by atoms with Crippen LogP contribution in [0.2, 0.25) is 0 Å². The van der Waals surface area contributed by atoms with Gasteiger partial charge in [0.05, 0.1) is 6.61 Å². The summed E-state index contributed by atoms with van der Waals surface area (Å²) in [6.45, 7) is -0.673. The van der Waals surface area contributed by atoms with Crippen LogP contribution in [-0.2, 0) is 4.74 Å². The highest BCUT2D eigenvalue weighted by atomic mass is 16.6. The van der Waals surface area contributed by atoms with E-state index in [0.717, 1.165) is 10.8 Å². The molecule has 26 heavy (non-hydrogen) atoms. The molecule has 0 spiro atoms.